The van der Waals surface area contributed by atoms with Gasteiger partial charge in [0.05, 0.1) is 40.3 Å². The van der Waals surface area contributed by atoms with Crippen LogP contribution in [0, 0.1) is 0 Å². The molecule has 0 aromatic rings. The van der Waals surface area contributed by atoms with Gasteiger partial charge in [-0.15, -0.1) is 0 Å². The number of carboxylic acids is 1. The van der Waals surface area contributed by atoms with Gasteiger partial charge in [0, 0.05) is 12.8 Å². The first-order valence-electron chi connectivity index (χ1n) is 35.5. The van der Waals surface area contributed by atoms with Crippen molar-refractivity contribution < 1.29 is 42.9 Å². The van der Waals surface area contributed by atoms with Crippen molar-refractivity contribution in [3.8, 4) is 0 Å². The Hall–Kier alpha value is -4.05. The molecule has 0 N–H and O–H groups in total. The Morgan fingerprint density at radius 3 is 0.988 bits per heavy atom. The first-order valence-corrected chi connectivity index (χ1v) is 35.5. The Morgan fingerprint density at radius 2 is 0.663 bits per heavy atom. The number of carbonyl (C=O) groups excluding carboxylic acids is 3. The van der Waals surface area contributed by atoms with Crippen LogP contribution in [0.25, 0.3) is 0 Å². The number of ether oxygens (including phenoxy) is 4. The highest BCUT2D eigenvalue weighted by molar-refractivity contribution is 5.70. The molecule has 0 rings (SSSR count). The highest BCUT2D eigenvalue weighted by Gasteiger charge is 2.22. The van der Waals surface area contributed by atoms with Crippen molar-refractivity contribution in [2.45, 2.75) is 315 Å². The van der Waals surface area contributed by atoms with Crippen LogP contribution < -0.4 is 5.11 Å². The summed E-state index contributed by atoms with van der Waals surface area (Å²) in [6.07, 6.45) is 90.2. The molecule has 0 aliphatic carbocycles. The average Bonchev–Trinajstić information content (AvgIpc) is 3.63. The van der Waals surface area contributed by atoms with Crippen LogP contribution in [0.5, 0.6) is 0 Å². The Kier molecular flexibility index (Phi) is 63.7. The van der Waals surface area contributed by atoms with E-state index in [0.29, 0.717) is 23.9 Å². The highest BCUT2D eigenvalue weighted by atomic mass is 16.7. The van der Waals surface area contributed by atoms with Crippen LogP contribution in [0.2, 0.25) is 0 Å². The van der Waals surface area contributed by atoms with Crippen molar-refractivity contribution in [1.82, 2.24) is 0 Å². The molecule has 0 aliphatic rings. The molecule has 0 aromatic heterocycles. The minimum absolute atomic E-state index is 0.145. The lowest BCUT2D eigenvalue weighted by molar-refractivity contribution is -0.870. The SMILES string of the molecule is CC/C=C\C/C=C\C/C=C\C/C=C\C/C=C\C/C=C\C/C=C\C/C=C\C/C=C\CCCCCCCCCCCCCC(=O)OC(COC(=O)CCCCCCCCCCCCCCCCCCCCCCCC)COC(OCC[N+](C)(C)C)C(=O)[O-]. The van der Waals surface area contributed by atoms with E-state index in [1.807, 2.05) is 21.1 Å². The zero-order valence-electron chi connectivity index (χ0n) is 56.4. The summed E-state index contributed by atoms with van der Waals surface area (Å²) < 4.78 is 22.8. The van der Waals surface area contributed by atoms with E-state index in [4.69, 9.17) is 18.9 Å². The van der Waals surface area contributed by atoms with Crippen LogP contribution in [0.3, 0.4) is 0 Å². The van der Waals surface area contributed by atoms with Crippen LogP contribution in [0.15, 0.2) is 109 Å². The number of allylic oxidation sites excluding steroid dienone is 18. The van der Waals surface area contributed by atoms with Crippen molar-refractivity contribution in [3.63, 3.8) is 0 Å². The molecule has 0 aromatic carbocycles. The molecule has 0 heterocycles. The molecule has 9 nitrogen and oxygen atoms in total. The van der Waals surface area contributed by atoms with Gasteiger partial charge in [-0.05, 0) is 83.5 Å². The van der Waals surface area contributed by atoms with Gasteiger partial charge in [0.2, 0.25) is 0 Å². The number of rotatable bonds is 65. The van der Waals surface area contributed by atoms with Crippen molar-refractivity contribution in [1.29, 1.82) is 0 Å². The van der Waals surface area contributed by atoms with Crippen LogP contribution in [-0.4, -0.2) is 82.3 Å². The van der Waals surface area contributed by atoms with E-state index in [2.05, 4.69) is 123 Å². The Bertz CT molecular complexity index is 1780. The second kappa shape index (κ2) is 66.9. The van der Waals surface area contributed by atoms with Gasteiger partial charge < -0.3 is 33.3 Å². The maximum absolute atomic E-state index is 12.9. The number of aliphatic carboxylic acids is 1. The number of unbranched alkanes of at least 4 members (excludes halogenated alkanes) is 32. The van der Waals surface area contributed by atoms with E-state index in [1.54, 1.807) is 0 Å². The van der Waals surface area contributed by atoms with E-state index in [0.717, 1.165) is 103 Å². The van der Waals surface area contributed by atoms with Crippen molar-refractivity contribution in [2.75, 3.05) is 47.5 Å². The van der Waals surface area contributed by atoms with Crippen LogP contribution in [0.1, 0.15) is 303 Å². The molecule has 494 valence electrons. The lowest BCUT2D eigenvalue weighted by Crippen LogP contribution is -2.44. The smallest absolute Gasteiger partial charge is 0.306 e. The molecule has 0 radical (unpaired) electrons. The van der Waals surface area contributed by atoms with Crippen LogP contribution in [-0.2, 0) is 33.3 Å². The number of nitrogens with zero attached hydrogens (tertiary/aromatic N) is 1. The van der Waals surface area contributed by atoms with E-state index < -0.39 is 24.3 Å². The van der Waals surface area contributed by atoms with Gasteiger partial charge in [-0.3, -0.25) is 9.59 Å². The molecule has 0 aliphatic heterocycles. The quantitative estimate of drug-likeness (QED) is 0.0195. The fourth-order valence-corrected chi connectivity index (χ4v) is 9.88. The number of hydrogen-bond acceptors (Lipinski definition) is 8. The normalized spacial score (nSPS) is 13.4. The predicted octanol–water partition coefficient (Wildman–Crippen LogP) is 20.9. The van der Waals surface area contributed by atoms with Gasteiger partial charge in [0.15, 0.2) is 12.4 Å². The summed E-state index contributed by atoms with van der Waals surface area (Å²) in [6.45, 7) is 4.66. The monoisotopic (exact) mass is 1200 g/mol. The third kappa shape index (κ3) is 67.5. The fourth-order valence-electron chi connectivity index (χ4n) is 9.88. The summed E-state index contributed by atoms with van der Waals surface area (Å²) in [5.74, 6) is -2.28. The Balaban J connectivity index is 4.12. The molecule has 0 bridgehead atoms. The number of esters is 2. The number of hydrogen-bond donors (Lipinski definition) is 0. The Labute approximate surface area is 530 Å². The topological polar surface area (TPSA) is 111 Å². The first kappa shape index (κ1) is 82.0. The molecule has 0 amide bonds. The zero-order chi connectivity index (χ0) is 62.6. The molecule has 0 saturated carbocycles. The van der Waals surface area contributed by atoms with Crippen molar-refractivity contribution in [2.24, 2.45) is 0 Å². The van der Waals surface area contributed by atoms with E-state index in [9.17, 15) is 19.5 Å². The molecule has 2 atom stereocenters. The molecule has 0 spiro atoms. The van der Waals surface area contributed by atoms with Crippen molar-refractivity contribution in [3.05, 3.63) is 109 Å². The third-order valence-corrected chi connectivity index (χ3v) is 15.3. The molecule has 86 heavy (non-hydrogen) atoms. The van der Waals surface area contributed by atoms with Gasteiger partial charge >= 0.3 is 11.9 Å². The van der Waals surface area contributed by atoms with Crippen molar-refractivity contribution >= 4 is 17.9 Å². The van der Waals surface area contributed by atoms with E-state index >= 15 is 0 Å². The standard InChI is InChI=1S/C77H133NO8/c1-6-8-10-12-14-16-18-20-22-24-26-28-30-31-32-33-34-35-36-37-38-39-40-41-42-43-44-45-46-48-50-52-54-56-58-60-62-64-66-68-75(80)86-73(72-85-77(76(81)82)83-70-69-78(3,4)5)71-84-74(79)67-65-63-61-59-57-55-53-51-49-47-29-27-25-23-21-19-17-15-13-11-9-7-2/h8,10,14,16,20,22,26,28,31-32,34-35,37-38,40-41,43-44,73,77H,6-7,9,11-13,15,17-19,21,23-25,27,29-30,33,36,39,42,45-72H2,1-5H3/b10-8-,16-14-,22-20-,28-26-,32-31-,35-34-,38-37-,41-40-,44-43-. The average molecular weight is 1200 g/mol. The van der Waals surface area contributed by atoms with E-state index in [-0.39, 0.29) is 32.2 Å². The van der Waals surface area contributed by atoms with Crippen LogP contribution in [0.4, 0.5) is 0 Å². The molecular weight excluding hydrogens is 1070 g/mol. The first-order chi connectivity index (χ1) is 42.1. The summed E-state index contributed by atoms with van der Waals surface area (Å²) >= 11 is 0. The second-order valence-electron chi connectivity index (χ2n) is 24.8. The zero-order valence-corrected chi connectivity index (χ0v) is 56.4. The summed E-state index contributed by atoms with van der Waals surface area (Å²) in [5, 5.41) is 11.8. The highest BCUT2D eigenvalue weighted by Crippen LogP contribution is 2.18. The van der Waals surface area contributed by atoms with Gasteiger partial charge in [0.25, 0.3) is 0 Å². The molecule has 9 heteroatoms. The largest absolute Gasteiger partial charge is 0.545 e. The lowest BCUT2D eigenvalue weighted by atomic mass is 10.0. The molecule has 2 unspecified atom stereocenters. The molecule has 0 fully saturated rings. The number of carboxylic acid groups (broad SMARTS) is 1. The van der Waals surface area contributed by atoms with Gasteiger partial charge in [0.1, 0.15) is 13.2 Å². The lowest BCUT2D eigenvalue weighted by Gasteiger charge is -2.26. The van der Waals surface area contributed by atoms with Gasteiger partial charge in [-0.1, -0.05) is 316 Å². The third-order valence-electron chi connectivity index (χ3n) is 15.3. The summed E-state index contributed by atoms with van der Waals surface area (Å²) in [4.78, 5) is 37.5. The minimum Gasteiger partial charge on any atom is -0.545 e. The molecular formula is C77H133NO8. The minimum atomic E-state index is -1.63. The predicted molar refractivity (Wildman–Crippen MR) is 366 cm³/mol. The maximum atomic E-state index is 12.9. The maximum Gasteiger partial charge on any atom is 0.306 e. The number of carbonyl (C=O) groups is 3. The second-order valence-corrected chi connectivity index (χ2v) is 24.8. The fraction of sp³-hybridized carbons (Fsp3) is 0.727. The Morgan fingerprint density at radius 1 is 0.360 bits per heavy atom. The summed E-state index contributed by atoms with van der Waals surface area (Å²) in [5.41, 5.74) is 0. The number of quaternary nitrogens is 1. The molecule has 0 saturated heterocycles. The van der Waals surface area contributed by atoms with Crippen LogP contribution >= 0.6 is 0 Å². The van der Waals surface area contributed by atoms with Gasteiger partial charge in [-0.2, -0.15) is 0 Å². The van der Waals surface area contributed by atoms with Gasteiger partial charge in [-0.25, -0.2) is 0 Å². The number of likely N-dealkylation sites (N-methyl/N-ethyl adjacent to an activating group) is 1. The summed E-state index contributed by atoms with van der Waals surface area (Å²) in [7, 11) is 5.93. The van der Waals surface area contributed by atoms with E-state index in [1.165, 1.54) is 167 Å². The summed E-state index contributed by atoms with van der Waals surface area (Å²) in [6, 6.07) is 0.